The summed E-state index contributed by atoms with van der Waals surface area (Å²) in [7, 11) is 0. The smallest absolute Gasteiger partial charge is 0.123 e. The molecule has 2 N–H and O–H groups in total. The molecule has 2 heteroatoms. The molecule has 2 atom stereocenters. The molecular formula is C13H19NO. The molecule has 0 amide bonds. The minimum absolute atomic E-state index is 0.286. The van der Waals surface area contributed by atoms with Crippen molar-refractivity contribution in [2.24, 2.45) is 5.73 Å². The minimum atomic E-state index is 0.286. The van der Waals surface area contributed by atoms with E-state index in [1.165, 1.54) is 11.1 Å². The zero-order chi connectivity index (χ0) is 10.8. The molecule has 82 valence electrons. The summed E-state index contributed by atoms with van der Waals surface area (Å²) in [5, 5.41) is 0. The molecule has 0 aliphatic carbocycles. The molecule has 1 heterocycles. The largest absolute Gasteiger partial charge is 0.490 e. The monoisotopic (exact) mass is 205 g/mol. The number of rotatable bonds is 3. The molecule has 0 fully saturated rings. The van der Waals surface area contributed by atoms with Gasteiger partial charge in [-0.3, -0.25) is 0 Å². The molecule has 0 spiro atoms. The fourth-order valence-corrected chi connectivity index (χ4v) is 2.03. The number of ether oxygens (including phenoxy) is 1. The summed E-state index contributed by atoms with van der Waals surface area (Å²) in [5.41, 5.74) is 8.48. The number of aryl methyl sites for hydroxylation is 1. The minimum Gasteiger partial charge on any atom is -0.490 e. The van der Waals surface area contributed by atoms with E-state index in [4.69, 9.17) is 10.5 Å². The molecule has 1 aliphatic heterocycles. The Balaban J connectivity index is 2.06. The molecule has 15 heavy (non-hydrogen) atoms. The van der Waals surface area contributed by atoms with Gasteiger partial charge in [-0.15, -0.1) is 0 Å². The van der Waals surface area contributed by atoms with E-state index in [0.717, 1.165) is 25.0 Å². The third kappa shape index (κ3) is 2.51. The molecule has 2 nitrogen and oxygen atoms in total. The Bertz CT molecular complexity index is 346. The van der Waals surface area contributed by atoms with Gasteiger partial charge in [0.25, 0.3) is 0 Å². The van der Waals surface area contributed by atoms with E-state index in [-0.39, 0.29) is 6.04 Å². The van der Waals surface area contributed by atoms with Gasteiger partial charge in [0.05, 0.1) is 0 Å². The molecule has 1 aromatic carbocycles. The number of benzene rings is 1. The van der Waals surface area contributed by atoms with Crippen LogP contribution in [-0.2, 0) is 12.8 Å². The van der Waals surface area contributed by atoms with Crippen LogP contribution in [0.25, 0.3) is 0 Å². The van der Waals surface area contributed by atoms with Crippen molar-refractivity contribution < 1.29 is 4.74 Å². The van der Waals surface area contributed by atoms with Gasteiger partial charge >= 0.3 is 0 Å². The molecule has 1 aliphatic rings. The summed E-state index contributed by atoms with van der Waals surface area (Å²) in [6.07, 6.45) is 3.50. The maximum Gasteiger partial charge on any atom is 0.123 e. The summed E-state index contributed by atoms with van der Waals surface area (Å²) >= 11 is 0. The van der Waals surface area contributed by atoms with Crippen LogP contribution in [-0.4, -0.2) is 12.1 Å². The van der Waals surface area contributed by atoms with Gasteiger partial charge in [0.2, 0.25) is 0 Å². The highest BCUT2D eigenvalue weighted by molar-refractivity contribution is 5.40. The van der Waals surface area contributed by atoms with Crippen LogP contribution < -0.4 is 10.5 Å². The normalized spacial score (nSPS) is 20.9. The Morgan fingerprint density at radius 1 is 1.53 bits per heavy atom. The molecule has 2 rings (SSSR count). The van der Waals surface area contributed by atoms with Crippen LogP contribution in [0.4, 0.5) is 0 Å². The summed E-state index contributed by atoms with van der Waals surface area (Å²) in [6, 6.07) is 6.80. The highest BCUT2D eigenvalue weighted by atomic mass is 16.5. The topological polar surface area (TPSA) is 35.2 Å². The third-order valence-corrected chi connectivity index (χ3v) is 2.85. The maximum atomic E-state index is 5.75. The second-order valence-corrected chi connectivity index (χ2v) is 4.59. The van der Waals surface area contributed by atoms with E-state index < -0.39 is 0 Å². The lowest BCUT2D eigenvalue weighted by molar-refractivity contribution is 0.254. The second-order valence-electron chi connectivity index (χ2n) is 4.59. The van der Waals surface area contributed by atoms with Crippen molar-refractivity contribution in [1.29, 1.82) is 0 Å². The highest BCUT2D eigenvalue weighted by Crippen LogP contribution is 2.29. The lowest BCUT2D eigenvalue weighted by Crippen LogP contribution is -2.15. The van der Waals surface area contributed by atoms with Gasteiger partial charge in [-0.25, -0.2) is 0 Å². The molecular weight excluding hydrogens is 186 g/mol. The van der Waals surface area contributed by atoms with Crippen molar-refractivity contribution in [2.75, 3.05) is 0 Å². The Kier molecular flexibility index (Phi) is 2.96. The Hall–Kier alpha value is -1.02. The van der Waals surface area contributed by atoms with E-state index in [1.807, 2.05) is 0 Å². The predicted molar refractivity (Wildman–Crippen MR) is 62.2 cm³/mol. The van der Waals surface area contributed by atoms with Crippen molar-refractivity contribution in [3.05, 3.63) is 29.3 Å². The Morgan fingerprint density at radius 3 is 3.07 bits per heavy atom. The first kappa shape index (κ1) is 10.5. The number of nitrogens with two attached hydrogens (primary N) is 1. The third-order valence-electron chi connectivity index (χ3n) is 2.85. The van der Waals surface area contributed by atoms with Crippen molar-refractivity contribution >= 4 is 0 Å². The first-order valence-corrected chi connectivity index (χ1v) is 5.69. The van der Waals surface area contributed by atoms with Crippen LogP contribution in [0.15, 0.2) is 18.2 Å². The standard InChI is InChI=1S/C13H19NO/c1-9(14)3-4-11-5-6-13-12(8-11)7-10(2)15-13/h5-6,8-10H,3-4,7,14H2,1-2H3/t9-,10?/m1/s1. The zero-order valence-corrected chi connectivity index (χ0v) is 9.49. The van der Waals surface area contributed by atoms with Crippen LogP contribution in [0.1, 0.15) is 31.4 Å². The zero-order valence-electron chi connectivity index (χ0n) is 9.49. The van der Waals surface area contributed by atoms with Crippen molar-refractivity contribution in [1.82, 2.24) is 0 Å². The maximum absolute atomic E-state index is 5.75. The average molecular weight is 205 g/mol. The average Bonchev–Trinajstić information content (AvgIpc) is 2.53. The summed E-state index contributed by atoms with van der Waals surface area (Å²) in [4.78, 5) is 0. The Morgan fingerprint density at radius 2 is 2.33 bits per heavy atom. The lowest BCUT2D eigenvalue weighted by Gasteiger charge is -2.06. The highest BCUT2D eigenvalue weighted by Gasteiger charge is 2.18. The molecule has 0 bridgehead atoms. The van der Waals surface area contributed by atoms with Crippen LogP contribution in [0.2, 0.25) is 0 Å². The molecule has 0 saturated heterocycles. The molecule has 0 radical (unpaired) electrons. The van der Waals surface area contributed by atoms with Gasteiger partial charge < -0.3 is 10.5 Å². The Labute approximate surface area is 91.4 Å². The number of hydrogen-bond donors (Lipinski definition) is 1. The van der Waals surface area contributed by atoms with E-state index in [2.05, 4.69) is 32.0 Å². The van der Waals surface area contributed by atoms with Crippen molar-refractivity contribution in [3.63, 3.8) is 0 Å². The first-order chi connectivity index (χ1) is 7.15. The van der Waals surface area contributed by atoms with Gasteiger partial charge in [0.1, 0.15) is 11.9 Å². The van der Waals surface area contributed by atoms with Crippen molar-refractivity contribution in [2.45, 2.75) is 45.3 Å². The first-order valence-electron chi connectivity index (χ1n) is 5.69. The van der Waals surface area contributed by atoms with Gasteiger partial charge in [-0.2, -0.15) is 0 Å². The van der Waals surface area contributed by atoms with Crippen molar-refractivity contribution in [3.8, 4) is 5.75 Å². The number of hydrogen-bond acceptors (Lipinski definition) is 2. The van der Waals surface area contributed by atoms with Gasteiger partial charge in [0, 0.05) is 12.5 Å². The van der Waals surface area contributed by atoms with E-state index in [0.29, 0.717) is 6.10 Å². The van der Waals surface area contributed by atoms with E-state index in [9.17, 15) is 0 Å². The van der Waals surface area contributed by atoms with Crippen LogP contribution in [0.5, 0.6) is 5.75 Å². The van der Waals surface area contributed by atoms with E-state index >= 15 is 0 Å². The summed E-state index contributed by atoms with van der Waals surface area (Å²) < 4.78 is 5.66. The van der Waals surface area contributed by atoms with Crippen LogP contribution in [0, 0.1) is 0 Å². The van der Waals surface area contributed by atoms with Crippen LogP contribution >= 0.6 is 0 Å². The predicted octanol–water partition coefficient (Wildman–Crippen LogP) is 2.29. The molecule has 0 saturated carbocycles. The van der Waals surface area contributed by atoms with Gasteiger partial charge in [0.15, 0.2) is 0 Å². The summed E-state index contributed by atoms with van der Waals surface area (Å²) in [6.45, 7) is 4.17. The SMILES string of the molecule is CC1Cc2cc(CC[C@@H](C)N)ccc2O1. The second kappa shape index (κ2) is 4.23. The van der Waals surface area contributed by atoms with Gasteiger partial charge in [-0.1, -0.05) is 12.1 Å². The molecule has 1 unspecified atom stereocenters. The quantitative estimate of drug-likeness (QED) is 0.821. The van der Waals surface area contributed by atoms with Gasteiger partial charge in [-0.05, 0) is 43.9 Å². The fourth-order valence-electron chi connectivity index (χ4n) is 2.03. The van der Waals surface area contributed by atoms with E-state index in [1.54, 1.807) is 0 Å². The molecule has 1 aromatic rings. The number of fused-ring (bicyclic) bond motifs is 1. The van der Waals surface area contributed by atoms with Crippen LogP contribution in [0.3, 0.4) is 0 Å². The molecule has 0 aromatic heterocycles. The lowest BCUT2D eigenvalue weighted by atomic mass is 10.0. The fraction of sp³-hybridized carbons (Fsp3) is 0.538. The summed E-state index contributed by atoms with van der Waals surface area (Å²) in [5.74, 6) is 1.06.